The van der Waals surface area contributed by atoms with Gasteiger partial charge < -0.3 is 15.3 Å². The molecule has 1 aliphatic heterocycles. The van der Waals surface area contributed by atoms with Gasteiger partial charge >= 0.3 is 0 Å². The van der Waals surface area contributed by atoms with Crippen LogP contribution in [0.1, 0.15) is 36.6 Å². The Labute approximate surface area is 224 Å². The molecular formula is C28H28N6O3S. The number of carbonyl (C=O) groups is 2. The van der Waals surface area contributed by atoms with Gasteiger partial charge in [-0.25, -0.2) is 9.67 Å². The third-order valence-corrected chi connectivity index (χ3v) is 8.03. The first kappa shape index (κ1) is 24.4. The van der Waals surface area contributed by atoms with Crippen molar-refractivity contribution >= 4 is 28.3 Å². The van der Waals surface area contributed by atoms with E-state index < -0.39 is 6.10 Å². The highest BCUT2D eigenvalue weighted by molar-refractivity contribution is 7.19. The SMILES string of the molecule is CC(=O)Nc1nc2c(s1)-c1c(c(-c3cccnc3)nn1-c1ccc(CC(=O)N3CCCC(O)C3)cc1)CC2. The zero-order chi connectivity index (χ0) is 26.2. The van der Waals surface area contributed by atoms with Gasteiger partial charge in [0, 0.05) is 43.5 Å². The third kappa shape index (κ3) is 4.72. The van der Waals surface area contributed by atoms with Crippen molar-refractivity contribution in [2.75, 3.05) is 18.4 Å². The van der Waals surface area contributed by atoms with Gasteiger partial charge in [-0.3, -0.25) is 14.6 Å². The number of hydrogen-bond acceptors (Lipinski definition) is 7. The summed E-state index contributed by atoms with van der Waals surface area (Å²) in [5.74, 6) is -0.114. The normalized spacial score (nSPS) is 16.6. The number of carbonyl (C=O) groups excluding carboxylic acids is 2. The molecular weight excluding hydrogens is 500 g/mol. The molecule has 1 atom stereocenters. The Bertz CT molecular complexity index is 1500. The number of piperidine rings is 1. The van der Waals surface area contributed by atoms with Crippen LogP contribution in [-0.2, 0) is 28.9 Å². The lowest BCUT2D eigenvalue weighted by atomic mass is 9.95. The Balaban J connectivity index is 1.36. The molecule has 194 valence electrons. The molecule has 1 aromatic carbocycles. The van der Waals surface area contributed by atoms with Crippen molar-refractivity contribution in [2.24, 2.45) is 0 Å². The first-order valence-electron chi connectivity index (χ1n) is 12.8. The second-order valence-corrected chi connectivity index (χ2v) is 10.8. The summed E-state index contributed by atoms with van der Waals surface area (Å²) >= 11 is 1.46. The number of rotatable bonds is 5. The number of aliphatic hydroxyl groups is 1. The van der Waals surface area contributed by atoms with E-state index >= 15 is 0 Å². The molecule has 38 heavy (non-hydrogen) atoms. The standard InChI is InChI=1S/C28H28N6O3S/c1-17(35)30-28-31-23-11-10-22-25(19-4-2-12-29-15-19)32-34(26(22)27(23)38-28)20-8-6-18(7-9-20)14-24(37)33-13-3-5-21(36)16-33/h2,4,6-9,12,15,21,36H,3,5,10-11,13-14,16H2,1H3,(H,30,31,35). The van der Waals surface area contributed by atoms with Crippen LogP contribution in [0, 0.1) is 0 Å². The predicted molar refractivity (Wildman–Crippen MR) is 145 cm³/mol. The maximum Gasteiger partial charge on any atom is 0.227 e. The van der Waals surface area contributed by atoms with Crippen molar-refractivity contribution in [3.05, 3.63) is 65.6 Å². The van der Waals surface area contributed by atoms with Crippen LogP contribution in [0.15, 0.2) is 48.8 Å². The number of nitrogens with one attached hydrogen (secondary N) is 1. The minimum atomic E-state index is -0.433. The van der Waals surface area contributed by atoms with Crippen molar-refractivity contribution in [2.45, 2.75) is 45.1 Å². The molecule has 1 unspecified atom stereocenters. The van der Waals surface area contributed by atoms with Crippen LogP contribution in [0.25, 0.3) is 27.5 Å². The van der Waals surface area contributed by atoms with Crippen LogP contribution in [0.2, 0.25) is 0 Å². The van der Waals surface area contributed by atoms with Gasteiger partial charge in [0.2, 0.25) is 11.8 Å². The monoisotopic (exact) mass is 528 g/mol. The number of anilines is 1. The Morgan fingerprint density at radius 2 is 2.03 bits per heavy atom. The van der Waals surface area contributed by atoms with Gasteiger partial charge in [0.25, 0.3) is 0 Å². The Hall–Kier alpha value is -3.89. The van der Waals surface area contributed by atoms with Gasteiger partial charge in [0.05, 0.1) is 40.2 Å². The number of likely N-dealkylation sites (tertiary alicyclic amines) is 1. The highest BCUT2D eigenvalue weighted by Crippen LogP contribution is 2.44. The third-order valence-electron chi connectivity index (χ3n) is 7.01. The number of nitrogens with zero attached hydrogens (tertiary/aromatic N) is 5. The van der Waals surface area contributed by atoms with Crippen molar-refractivity contribution in [3.8, 4) is 27.5 Å². The van der Waals surface area contributed by atoms with Gasteiger partial charge in [0.15, 0.2) is 5.13 Å². The van der Waals surface area contributed by atoms with Crippen LogP contribution in [0.4, 0.5) is 5.13 Å². The number of thiazole rings is 1. The van der Waals surface area contributed by atoms with E-state index in [1.807, 2.05) is 47.3 Å². The molecule has 4 aromatic rings. The van der Waals surface area contributed by atoms with Crippen LogP contribution in [0.3, 0.4) is 0 Å². The van der Waals surface area contributed by atoms with E-state index in [9.17, 15) is 14.7 Å². The zero-order valence-electron chi connectivity index (χ0n) is 21.1. The number of aliphatic hydroxyl groups excluding tert-OH is 1. The first-order chi connectivity index (χ1) is 18.5. The van der Waals surface area contributed by atoms with E-state index in [-0.39, 0.29) is 11.8 Å². The van der Waals surface area contributed by atoms with E-state index in [4.69, 9.17) is 5.10 Å². The molecule has 1 saturated heterocycles. The highest BCUT2D eigenvalue weighted by atomic mass is 32.1. The number of hydrogen-bond donors (Lipinski definition) is 2. The van der Waals surface area contributed by atoms with Crippen LogP contribution < -0.4 is 5.32 Å². The van der Waals surface area contributed by atoms with E-state index in [1.54, 1.807) is 11.1 Å². The quantitative estimate of drug-likeness (QED) is 0.409. The fourth-order valence-electron chi connectivity index (χ4n) is 5.22. The largest absolute Gasteiger partial charge is 0.391 e. The summed E-state index contributed by atoms with van der Waals surface area (Å²) in [4.78, 5) is 36.2. The number of β-amino-alcohol motifs (C(OH)–C–C–N with tert-alkyl or cyclic N) is 1. The molecule has 1 aliphatic carbocycles. The number of amides is 2. The maximum absolute atomic E-state index is 12.8. The van der Waals surface area contributed by atoms with E-state index in [1.165, 1.54) is 18.3 Å². The van der Waals surface area contributed by atoms with E-state index in [2.05, 4.69) is 15.3 Å². The van der Waals surface area contributed by atoms with E-state index in [0.717, 1.165) is 70.0 Å². The topological polar surface area (TPSA) is 113 Å². The molecule has 2 aliphatic rings. The van der Waals surface area contributed by atoms with Crippen molar-refractivity contribution < 1.29 is 14.7 Å². The highest BCUT2D eigenvalue weighted by Gasteiger charge is 2.30. The van der Waals surface area contributed by atoms with Crippen LogP contribution in [-0.4, -0.2) is 60.8 Å². The molecule has 10 heteroatoms. The van der Waals surface area contributed by atoms with Gasteiger partial charge in [-0.05, 0) is 55.5 Å². The predicted octanol–water partition coefficient (Wildman–Crippen LogP) is 3.64. The minimum Gasteiger partial charge on any atom is -0.391 e. The number of fused-ring (bicyclic) bond motifs is 3. The number of pyridine rings is 1. The fourth-order valence-corrected chi connectivity index (χ4v) is 6.33. The van der Waals surface area contributed by atoms with Crippen molar-refractivity contribution in [1.29, 1.82) is 0 Å². The Morgan fingerprint density at radius 1 is 1.18 bits per heavy atom. The van der Waals surface area contributed by atoms with Crippen LogP contribution in [0.5, 0.6) is 0 Å². The number of aromatic nitrogens is 4. The lowest BCUT2D eigenvalue weighted by Crippen LogP contribution is -2.42. The van der Waals surface area contributed by atoms with Gasteiger partial charge in [-0.15, -0.1) is 0 Å². The molecule has 2 amide bonds. The molecule has 0 radical (unpaired) electrons. The summed E-state index contributed by atoms with van der Waals surface area (Å²) in [5.41, 5.74) is 6.69. The molecule has 3 aromatic heterocycles. The maximum atomic E-state index is 12.8. The summed E-state index contributed by atoms with van der Waals surface area (Å²) < 4.78 is 1.94. The molecule has 0 bridgehead atoms. The summed E-state index contributed by atoms with van der Waals surface area (Å²) in [7, 11) is 0. The minimum absolute atomic E-state index is 0.0339. The number of aryl methyl sites for hydroxylation is 1. The molecule has 4 heterocycles. The fraction of sp³-hybridized carbons (Fsp3) is 0.321. The smallest absolute Gasteiger partial charge is 0.227 e. The summed E-state index contributed by atoms with van der Waals surface area (Å²) in [6.07, 6.45) is 6.57. The van der Waals surface area contributed by atoms with Gasteiger partial charge in [-0.1, -0.05) is 23.5 Å². The molecule has 2 N–H and O–H groups in total. The van der Waals surface area contributed by atoms with Gasteiger partial charge in [-0.2, -0.15) is 5.10 Å². The second kappa shape index (κ2) is 10.1. The zero-order valence-corrected chi connectivity index (χ0v) is 21.9. The molecule has 6 rings (SSSR count). The van der Waals surface area contributed by atoms with E-state index in [0.29, 0.717) is 24.6 Å². The summed E-state index contributed by atoms with van der Waals surface area (Å²) in [6, 6.07) is 11.8. The molecule has 0 spiro atoms. The van der Waals surface area contributed by atoms with Crippen molar-refractivity contribution in [3.63, 3.8) is 0 Å². The Kier molecular flexibility index (Phi) is 6.50. The molecule has 1 fully saturated rings. The van der Waals surface area contributed by atoms with Gasteiger partial charge in [0.1, 0.15) is 0 Å². The van der Waals surface area contributed by atoms with Crippen molar-refractivity contribution in [1.82, 2.24) is 24.6 Å². The first-order valence-corrected chi connectivity index (χ1v) is 13.6. The molecule has 9 nitrogen and oxygen atoms in total. The average molecular weight is 529 g/mol. The Morgan fingerprint density at radius 3 is 2.76 bits per heavy atom. The van der Waals surface area contributed by atoms with Crippen LogP contribution >= 0.6 is 11.3 Å². The molecule has 0 saturated carbocycles. The summed E-state index contributed by atoms with van der Waals surface area (Å²) in [5, 5.41) is 18.4. The second-order valence-electron chi connectivity index (χ2n) is 9.78. The average Bonchev–Trinajstić information content (AvgIpc) is 3.50. The lowest BCUT2D eigenvalue weighted by molar-refractivity contribution is -0.133. The number of benzene rings is 1. The lowest BCUT2D eigenvalue weighted by Gasteiger charge is -2.30. The summed E-state index contributed by atoms with van der Waals surface area (Å²) in [6.45, 7) is 2.59.